The first-order valence-electron chi connectivity index (χ1n) is 10.7. The Kier molecular flexibility index (Phi) is 8.72. The second-order valence-electron chi connectivity index (χ2n) is 7.46. The van der Waals surface area contributed by atoms with Crippen LogP contribution in [0.3, 0.4) is 0 Å². The summed E-state index contributed by atoms with van der Waals surface area (Å²) in [6.45, 7) is 1.21. The molecule has 3 rings (SSSR count). The van der Waals surface area contributed by atoms with E-state index in [2.05, 4.69) is 27.5 Å². The number of likely N-dealkylation sites (N-methyl/N-ethyl adjacent to an activating group) is 2. The van der Waals surface area contributed by atoms with Gasteiger partial charge in [-0.05, 0) is 42.0 Å². The highest BCUT2D eigenvalue weighted by Gasteiger charge is 2.33. The number of amides is 3. The smallest absolute Gasteiger partial charge is 0.275 e. The Morgan fingerprint density at radius 2 is 1.63 bits per heavy atom. The predicted molar refractivity (Wildman–Crippen MR) is 126 cm³/mol. The molecular formula is C25H25N5O5. The van der Waals surface area contributed by atoms with Gasteiger partial charge in [-0.3, -0.25) is 19.6 Å². The van der Waals surface area contributed by atoms with E-state index in [0.717, 1.165) is 16.0 Å². The molecule has 10 nitrogen and oxygen atoms in total. The van der Waals surface area contributed by atoms with E-state index in [1.165, 1.54) is 25.8 Å². The van der Waals surface area contributed by atoms with Gasteiger partial charge in [0.15, 0.2) is 6.04 Å². The molecule has 0 saturated carbocycles. The zero-order chi connectivity index (χ0) is 25.2. The molecule has 1 aromatic heterocycles. The second-order valence-corrected chi connectivity index (χ2v) is 7.46. The monoisotopic (exact) mass is 475 g/mol. The standard InChI is InChI=1S/C25H25N5O5/c1-26-23(31)22(24(32)29-34)30(2)25(33)20-11-9-18(10-12-20)4-3-17-5-7-19(8-6-17)15-27-16-21-28-13-14-35-21/h5-14,22,27,34H,15-16H2,1-2H3,(H,26,31)(H,29,32). The Labute approximate surface area is 202 Å². The van der Waals surface area contributed by atoms with Gasteiger partial charge in [0.2, 0.25) is 5.89 Å². The summed E-state index contributed by atoms with van der Waals surface area (Å²) in [5.41, 5.74) is 4.30. The van der Waals surface area contributed by atoms with Crippen molar-refractivity contribution >= 4 is 17.7 Å². The van der Waals surface area contributed by atoms with Gasteiger partial charge >= 0.3 is 0 Å². The molecule has 10 heteroatoms. The van der Waals surface area contributed by atoms with E-state index in [1.807, 2.05) is 24.3 Å². The molecule has 1 heterocycles. The lowest BCUT2D eigenvalue weighted by Gasteiger charge is -2.25. The highest BCUT2D eigenvalue weighted by molar-refractivity contribution is 6.08. The normalized spacial score (nSPS) is 11.1. The van der Waals surface area contributed by atoms with Crippen LogP contribution in [-0.4, -0.2) is 52.9 Å². The lowest BCUT2D eigenvalue weighted by Crippen LogP contribution is -2.54. The Bertz CT molecular complexity index is 1200. The van der Waals surface area contributed by atoms with E-state index in [1.54, 1.807) is 30.5 Å². The van der Waals surface area contributed by atoms with Crippen molar-refractivity contribution in [3.05, 3.63) is 89.1 Å². The minimum atomic E-state index is -1.52. The molecule has 0 saturated heterocycles. The van der Waals surface area contributed by atoms with Crippen molar-refractivity contribution in [2.24, 2.45) is 0 Å². The quantitative estimate of drug-likeness (QED) is 0.165. The first-order valence-corrected chi connectivity index (χ1v) is 10.7. The number of aromatic nitrogens is 1. The van der Waals surface area contributed by atoms with E-state index >= 15 is 0 Å². The number of nitrogens with one attached hydrogen (secondary N) is 3. The van der Waals surface area contributed by atoms with E-state index in [0.29, 0.717) is 24.5 Å². The number of nitrogens with zero attached hydrogens (tertiary/aromatic N) is 2. The molecule has 3 aromatic rings. The van der Waals surface area contributed by atoms with Crippen molar-refractivity contribution in [3.63, 3.8) is 0 Å². The van der Waals surface area contributed by atoms with Crippen molar-refractivity contribution in [1.29, 1.82) is 0 Å². The molecule has 0 bridgehead atoms. The van der Waals surface area contributed by atoms with E-state index in [4.69, 9.17) is 9.62 Å². The summed E-state index contributed by atoms with van der Waals surface area (Å²) in [6, 6.07) is 12.8. The van der Waals surface area contributed by atoms with Gasteiger partial charge in [-0.2, -0.15) is 0 Å². The van der Waals surface area contributed by atoms with Crippen LogP contribution in [0, 0.1) is 11.8 Å². The summed E-state index contributed by atoms with van der Waals surface area (Å²) in [5, 5.41) is 14.4. The van der Waals surface area contributed by atoms with Crippen LogP contribution in [0.4, 0.5) is 0 Å². The maximum atomic E-state index is 12.7. The van der Waals surface area contributed by atoms with E-state index < -0.39 is 23.8 Å². The lowest BCUT2D eigenvalue weighted by molar-refractivity contribution is -0.140. The maximum absolute atomic E-state index is 12.7. The largest absolute Gasteiger partial charge is 0.448 e. The highest BCUT2D eigenvalue weighted by atomic mass is 16.5. The average molecular weight is 476 g/mol. The van der Waals surface area contributed by atoms with Gasteiger partial charge in [0, 0.05) is 37.3 Å². The molecule has 0 aliphatic rings. The first-order chi connectivity index (χ1) is 16.9. The summed E-state index contributed by atoms with van der Waals surface area (Å²) in [4.78, 5) is 41.6. The Balaban J connectivity index is 1.60. The summed E-state index contributed by atoms with van der Waals surface area (Å²) in [7, 11) is 2.63. The highest BCUT2D eigenvalue weighted by Crippen LogP contribution is 2.10. The molecule has 1 atom stereocenters. The summed E-state index contributed by atoms with van der Waals surface area (Å²) in [5.74, 6) is 4.45. The van der Waals surface area contributed by atoms with Gasteiger partial charge in [-0.25, -0.2) is 10.5 Å². The van der Waals surface area contributed by atoms with Crippen LogP contribution >= 0.6 is 0 Å². The van der Waals surface area contributed by atoms with E-state index in [9.17, 15) is 14.4 Å². The molecule has 1 unspecified atom stereocenters. The van der Waals surface area contributed by atoms with Crippen molar-refractivity contribution in [3.8, 4) is 11.8 Å². The molecule has 0 radical (unpaired) electrons. The fourth-order valence-corrected chi connectivity index (χ4v) is 3.19. The Morgan fingerprint density at radius 1 is 1.00 bits per heavy atom. The molecule has 0 spiro atoms. The van der Waals surface area contributed by atoms with Gasteiger partial charge < -0.3 is 20.0 Å². The Hall–Kier alpha value is -4.46. The number of carbonyl (C=O) groups is 3. The molecule has 180 valence electrons. The molecule has 0 fully saturated rings. The van der Waals surface area contributed by atoms with Gasteiger partial charge in [-0.1, -0.05) is 24.0 Å². The van der Waals surface area contributed by atoms with Gasteiger partial charge in [0.1, 0.15) is 6.26 Å². The number of carbonyl (C=O) groups excluding carboxylic acids is 3. The van der Waals surface area contributed by atoms with Crippen molar-refractivity contribution in [2.45, 2.75) is 19.1 Å². The molecule has 3 amide bonds. The molecule has 35 heavy (non-hydrogen) atoms. The van der Waals surface area contributed by atoms with Crippen molar-refractivity contribution < 1.29 is 24.0 Å². The fourth-order valence-electron chi connectivity index (χ4n) is 3.19. The predicted octanol–water partition coefficient (Wildman–Crippen LogP) is 1.06. The summed E-state index contributed by atoms with van der Waals surface area (Å²) >= 11 is 0. The van der Waals surface area contributed by atoms with Crippen LogP contribution < -0.4 is 16.1 Å². The molecule has 4 N–H and O–H groups in total. The second kappa shape index (κ2) is 12.1. The van der Waals surface area contributed by atoms with Crippen LogP contribution in [0.5, 0.6) is 0 Å². The first kappa shape index (κ1) is 25.2. The van der Waals surface area contributed by atoms with Crippen LogP contribution in [0.25, 0.3) is 0 Å². The molecule has 0 aliphatic heterocycles. The minimum Gasteiger partial charge on any atom is -0.448 e. The van der Waals surface area contributed by atoms with Crippen LogP contribution in [-0.2, 0) is 22.7 Å². The number of oxazole rings is 1. The minimum absolute atomic E-state index is 0.263. The number of benzene rings is 2. The van der Waals surface area contributed by atoms with Crippen molar-refractivity contribution in [2.75, 3.05) is 14.1 Å². The van der Waals surface area contributed by atoms with Crippen LogP contribution in [0.15, 0.2) is 65.4 Å². The number of rotatable bonds is 8. The topological polar surface area (TPSA) is 137 Å². The zero-order valence-corrected chi connectivity index (χ0v) is 19.2. The number of hydrogen-bond donors (Lipinski definition) is 4. The summed E-state index contributed by atoms with van der Waals surface area (Å²) < 4.78 is 5.18. The number of hydrogen-bond acceptors (Lipinski definition) is 7. The van der Waals surface area contributed by atoms with Crippen LogP contribution in [0.1, 0.15) is 32.9 Å². The molecule has 2 aromatic carbocycles. The average Bonchev–Trinajstić information content (AvgIpc) is 3.41. The molecule has 0 aliphatic carbocycles. The zero-order valence-electron chi connectivity index (χ0n) is 19.2. The van der Waals surface area contributed by atoms with Gasteiger partial charge in [-0.15, -0.1) is 0 Å². The lowest BCUT2D eigenvalue weighted by atomic mass is 10.1. The van der Waals surface area contributed by atoms with Crippen molar-refractivity contribution in [1.82, 2.24) is 26.0 Å². The summed E-state index contributed by atoms with van der Waals surface area (Å²) in [6.07, 6.45) is 3.15. The third-order valence-corrected chi connectivity index (χ3v) is 5.09. The van der Waals surface area contributed by atoms with Gasteiger partial charge in [0.25, 0.3) is 17.7 Å². The van der Waals surface area contributed by atoms with Crippen LogP contribution in [0.2, 0.25) is 0 Å². The fraction of sp³-hybridized carbons (Fsp3) is 0.200. The third-order valence-electron chi connectivity index (χ3n) is 5.09. The SMILES string of the molecule is CNC(=O)C(C(=O)NO)N(C)C(=O)c1ccc(C#Cc2ccc(CNCc3ncco3)cc2)cc1. The molecular weight excluding hydrogens is 450 g/mol. The number of hydroxylamine groups is 1. The maximum Gasteiger partial charge on any atom is 0.275 e. The van der Waals surface area contributed by atoms with Gasteiger partial charge in [0.05, 0.1) is 12.7 Å². The van der Waals surface area contributed by atoms with E-state index in [-0.39, 0.29) is 5.56 Å². The third kappa shape index (κ3) is 6.77. The Morgan fingerprint density at radius 3 is 2.17 bits per heavy atom.